The molecule has 1 unspecified atom stereocenters. The molecule has 0 radical (unpaired) electrons. The summed E-state index contributed by atoms with van der Waals surface area (Å²) in [6.45, 7) is 0.710. The van der Waals surface area contributed by atoms with Crippen LogP contribution in [0.5, 0.6) is 0 Å². The molecule has 7 nitrogen and oxygen atoms in total. The van der Waals surface area contributed by atoms with E-state index in [1.165, 1.54) is 19.4 Å². The molecule has 0 aliphatic carbocycles. The number of esters is 1. The highest BCUT2D eigenvalue weighted by Gasteiger charge is 2.50. The van der Waals surface area contributed by atoms with Crippen LogP contribution in [0.2, 0.25) is 0 Å². The van der Waals surface area contributed by atoms with E-state index < -0.39 is 30.4 Å². The Morgan fingerprint density at radius 2 is 2.00 bits per heavy atom. The van der Waals surface area contributed by atoms with Crippen molar-refractivity contribution in [2.75, 3.05) is 25.9 Å². The second kappa shape index (κ2) is 8.74. The van der Waals surface area contributed by atoms with Crippen molar-refractivity contribution in [1.82, 2.24) is 9.88 Å². The number of aryl methyl sites for hydroxylation is 1. The Labute approximate surface area is 172 Å². The average Bonchev–Trinajstić information content (AvgIpc) is 3.03. The smallest absolute Gasteiger partial charge is 0.339 e. The third-order valence-corrected chi connectivity index (χ3v) is 4.95. The number of nitrogens with two attached hydrogens (primary N) is 1. The molecular weight excluding hydrogens is 396 g/mol. The maximum atomic E-state index is 14.4. The van der Waals surface area contributed by atoms with Crippen molar-refractivity contribution in [3.8, 4) is 0 Å². The Morgan fingerprint density at radius 3 is 2.67 bits per heavy atom. The fourth-order valence-corrected chi connectivity index (χ4v) is 3.17. The predicted molar refractivity (Wildman–Crippen MR) is 105 cm³/mol. The molecule has 1 aliphatic rings. The van der Waals surface area contributed by atoms with Crippen LogP contribution in [-0.2, 0) is 27.3 Å². The van der Waals surface area contributed by atoms with E-state index in [-0.39, 0.29) is 36.5 Å². The lowest BCUT2D eigenvalue weighted by molar-refractivity contribution is -0.131. The summed E-state index contributed by atoms with van der Waals surface area (Å²) in [7, 11) is 1.22. The summed E-state index contributed by atoms with van der Waals surface area (Å²) in [5, 5.41) is 0. The Balaban J connectivity index is 1.64. The van der Waals surface area contributed by atoms with Crippen molar-refractivity contribution in [2.45, 2.75) is 32.0 Å². The van der Waals surface area contributed by atoms with Gasteiger partial charge in [0.1, 0.15) is 11.9 Å². The van der Waals surface area contributed by atoms with Crippen molar-refractivity contribution in [1.29, 1.82) is 0 Å². The topological polar surface area (TPSA) is 94.8 Å². The molecule has 1 saturated heterocycles. The molecular formula is C21H23F2N3O4. The van der Waals surface area contributed by atoms with E-state index in [2.05, 4.69) is 9.72 Å². The van der Waals surface area contributed by atoms with E-state index in [1.54, 1.807) is 12.1 Å². The number of benzene rings is 1. The molecule has 1 aliphatic heterocycles. The zero-order valence-electron chi connectivity index (χ0n) is 16.7. The summed E-state index contributed by atoms with van der Waals surface area (Å²) in [5.74, 6) is -4.15. The Bertz CT molecular complexity index is 934. The van der Waals surface area contributed by atoms with Crippen molar-refractivity contribution in [3.63, 3.8) is 0 Å². The second-order valence-corrected chi connectivity index (χ2v) is 7.26. The highest BCUT2D eigenvalue weighted by atomic mass is 19.3. The number of rotatable bonds is 6. The van der Waals surface area contributed by atoms with Crippen LogP contribution >= 0.6 is 0 Å². The SMILES string of the molecule is COC(=O)c1cnc(N)c(COC2CN(C(=O)Cc3ccc(C)cc3)CC2(F)F)c1. The normalized spacial score (nSPS) is 17.7. The number of aromatic nitrogens is 1. The number of carbonyl (C=O) groups is 2. The molecule has 0 bridgehead atoms. The molecule has 9 heteroatoms. The van der Waals surface area contributed by atoms with Crippen LogP contribution in [0.15, 0.2) is 36.5 Å². The van der Waals surface area contributed by atoms with E-state index >= 15 is 0 Å². The van der Waals surface area contributed by atoms with Crippen LogP contribution in [0.4, 0.5) is 14.6 Å². The van der Waals surface area contributed by atoms with E-state index in [9.17, 15) is 18.4 Å². The molecule has 160 valence electrons. The third-order valence-electron chi connectivity index (χ3n) is 4.95. The summed E-state index contributed by atoms with van der Waals surface area (Å²) < 4.78 is 38.9. The first-order chi connectivity index (χ1) is 14.2. The van der Waals surface area contributed by atoms with Crippen molar-refractivity contribution in [3.05, 3.63) is 58.8 Å². The zero-order valence-corrected chi connectivity index (χ0v) is 16.7. The number of anilines is 1. The summed E-state index contributed by atoms with van der Waals surface area (Å²) in [6, 6.07) is 8.74. The van der Waals surface area contributed by atoms with E-state index in [1.807, 2.05) is 19.1 Å². The molecule has 1 aromatic heterocycles. The number of nitrogens with zero attached hydrogens (tertiary/aromatic N) is 2. The maximum absolute atomic E-state index is 14.4. The first kappa shape index (κ1) is 21.6. The number of methoxy groups -OCH3 is 1. The second-order valence-electron chi connectivity index (χ2n) is 7.26. The van der Waals surface area contributed by atoms with Crippen molar-refractivity contribution >= 4 is 17.7 Å². The number of amides is 1. The van der Waals surface area contributed by atoms with Crippen LogP contribution in [0.3, 0.4) is 0 Å². The molecule has 3 rings (SSSR count). The average molecular weight is 419 g/mol. The van der Waals surface area contributed by atoms with Gasteiger partial charge in [-0.2, -0.15) is 0 Å². The molecule has 2 heterocycles. The van der Waals surface area contributed by atoms with Gasteiger partial charge in [0.25, 0.3) is 5.92 Å². The number of likely N-dealkylation sites (tertiary alicyclic amines) is 1. The quantitative estimate of drug-likeness (QED) is 0.723. The predicted octanol–water partition coefficient (Wildman–Crippen LogP) is 2.36. The molecule has 2 N–H and O–H groups in total. The van der Waals surface area contributed by atoms with Gasteiger partial charge in [-0.25, -0.2) is 18.6 Å². The van der Waals surface area contributed by atoms with Crippen LogP contribution in [0.25, 0.3) is 0 Å². The van der Waals surface area contributed by atoms with E-state index in [0.29, 0.717) is 0 Å². The third kappa shape index (κ3) is 4.91. The van der Waals surface area contributed by atoms with Crippen LogP contribution in [0, 0.1) is 6.92 Å². The van der Waals surface area contributed by atoms with E-state index in [0.717, 1.165) is 16.0 Å². The minimum atomic E-state index is -3.20. The standard InChI is InChI=1S/C21H23F2N3O4/c1-13-3-5-14(6-4-13)7-18(27)26-10-17(21(22,23)12-26)30-11-16-8-15(20(28)29-2)9-25-19(16)24/h3-6,8-9,17H,7,10-12H2,1-2H3,(H2,24,25). The number of hydrogen-bond donors (Lipinski definition) is 1. The lowest BCUT2D eigenvalue weighted by atomic mass is 10.1. The number of pyridine rings is 1. The molecule has 1 aromatic carbocycles. The van der Waals surface area contributed by atoms with Gasteiger partial charge in [-0.3, -0.25) is 4.79 Å². The summed E-state index contributed by atoms with van der Waals surface area (Å²) >= 11 is 0. The molecule has 1 atom stereocenters. The van der Waals surface area contributed by atoms with Crippen LogP contribution < -0.4 is 5.73 Å². The van der Waals surface area contributed by atoms with E-state index in [4.69, 9.17) is 10.5 Å². The van der Waals surface area contributed by atoms with Gasteiger partial charge in [-0.1, -0.05) is 29.8 Å². The van der Waals surface area contributed by atoms with Crippen LogP contribution in [0.1, 0.15) is 27.0 Å². The monoisotopic (exact) mass is 419 g/mol. The van der Waals surface area contributed by atoms with Gasteiger partial charge in [0.05, 0.1) is 38.8 Å². The molecule has 0 saturated carbocycles. The number of nitrogen functional groups attached to an aromatic ring is 1. The highest BCUT2D eigenvalue weighted by Crippen LogP contribution is 2.31. The van der Waals surface area contributed by atoms with Crippen molar-refractivity contribution < 1.29 is 27.8 Å². The van der Waals surface area contributed by atoms with Gasteiger partial charge in [0.15, 0.2) is 0 Å². The summed E-state index contributed by atoms with van der Waals surface area (Å²) in [4.78, 5) is 29.1. The molecule has 1 amide bonds. The first-order valence-electron chi connectivity index (χ1n) is 9.35. The first-order valence-corrected chi connectivity index (χ1v) is 9.35. The molecule has 30 heavy (non-hydrogen) atoms. The van der Waals surface area contributed by atoms with Gasteiger partial charge >= 0.3 is 5.97 Å². The lowest BCUT2D eigenvalue weighted by Crippen LogP contribution is -2.34. The number of hydrogen-bond acceptors (Lipinski definition) is 6. The Kier molecular flexibility index (Phi) is 6.31. The number of halogens is 2. The van der Waals surface area contributed by atoms with Gasteiger partial charge in [0.2, 0.25) is 5.91 Å². The maximum Gasteiger partial charge on any atom is 0.339 e. The number of ether oxygens (including phenoxy) is 2. The minimum absolute atomic E-state index is 0.0428. The fraction of sp³-hybridized carbons (Fsp3) is 0.381. The minimum Gasteiger partial charge on any atom is -0.465 e. The Hall–Kier alpha value is -3.07. The molecule has 1 fully saturated rings. The summed E-state index contributed by atoms with van der Waals surface area (Å²) in [6.07, 6.45) is -0.206. The van der Waals surface area contributed by atoms with Gasteiger partial charge < -0.3 is 20.1 Å². The number of carbonyl (C=O) groups excluding carboxylic acids is 2. The Morgan fingerprint density at radius 1 is 1.30 bits per heavy atom. The fourth-order valence-electron chi connectivity index (χ4n) is 3.17. The molecule has 0 spiro atoms. The highest BCUT2D eigenvalue weighted by molar-refractivity contribution is 5.89. The lowest BCUT2D eigenvalue weighted by Gasteiger charge is -2.18. The van der Waals surface area contributed by atoms with Gasteiger partial charge in [0, 0.05) is 11.8 Å². The number of alkyl halides is 2. The largest absolute Gasteiger partial charge is 0.465 e. The summed E-state index contributed by atoms with van der Waals surface area (Å²) in [5.41, 5.74) is 8.00. The van der Waals surface area contributed by atoms with Gasteiger partial charge in [-0.05, 0) is 18.6 Å². The van der Waals surface area contributed by atoms with Gasteiger partial charge in [-0.15, -0.1) is 0 Å². The van der Waals surface area contributed by atoms with Crippen LogP contribution in [-0.4, -0.2) is 54.0 Å². The molecule has 2 aromatic rings. The zero-order chi connectivity index (χ0) is 21.9. The van der Waals surface area contributed by atoms with Crippen molar-refractivity contribution in [2.24, 2.45) is 0 Å².